The lowest BCUT2D eigenvalue weighted by atomic mass is 9.86. The molecule has 0 amide bonds. The first-order chi connectivity index (χ1) is 9.26. The smallest absolute Gasteiger partial charge is 0.150 e. The van der Waals surface area contributed by atoms with Gasteiger partial charge in [-0.3, -0.25) is 0 Å². The van der Waals surface area contributed by atoms with Crippen molar-refractivity contribution in [3.05, 3.63) is 18.2 Å². The van der Waals surface area contributed by atoms with E-state index in [0.29, 0.717) is 6.04 Å². The molecule has 2 atom stereocenters. The van der Waals surface area contributed by atoms with Gasteiger partial charge in [0.1, 0.15) is 0 Å². The first-order valence-corrected chi connectivity index (χ1v) is 9.01. The zero-order valence-electron chi connectivity index (χ0n) is 11.5. The molecule has 3 rings (SSSR count). The van der Waals surface area contributed by atoms with Gasteiger partial charge in [-0.1, -0.05) is 31.5 Å². The molecule has 102 valence electrons. The summed E-state index contributed by atoms with van der Waals surface area (Å²) in [7, 11) is 0. The van der Waals surface area contributed by atoms with Crippen molar-refractivity contribution < 1.29 is 0 Å². The van der Waals surface area contributed by atoms with Gasteiger partial charge in [-0.25, -0.2) is 4.98 Å². The number of rotatable bonds is 3. The van der Waals surface area contributed by atoms with E-state index < -0.39 is 0 Å². The quantitative estimate of drug-likeness (QED) is 0.805. The van der Waals surface area contributed by atoms with E-state index in [0.717, 1.165) is 15.8 Å². The number of aromatic nitrogens is 1. The summed E-state index contributed by atoms with van der Waals surface area (Å²) in [5, 5.41) is 3.72. The van der Waals surface area contributed by atoms with E-state index in [1.54, 1.807) is 23.1 Å². The molecule has 0 bridgehead atoms. The molecule has 2 unspecified atom stereocenters. The van der Waals surface area contributed by atoms with Gasteiger partial charge < -0.3 is 5.32 Å². The van der Waals surface area contributed by atoms with Crippen LogP contribution >= 0.6 is 23.1 Å². The summed E-state index contributed by atoms with van der Waals surface area (Å²) in [5.74, 6) is 0.785. The standard InChI is InChI=1S/C15H20N2S2/c1-10-5-3-4-6-12(10)16-11-7-8-13-14(9-11)19-15(17-13)18-2/h7-10,12,16H,3-6H2,1-2H3. The van der Waals surface area contributed by atoms with Crippen molar-refractivity contribution in [2.45, 2.75) is 43.0 Å². The van der Waals surface area contributed by atoms with Gasteiger partial charge in [0.15, 0.2) is 4.34 Å². The van der Waals surface area contributed by atoms with E-state index in [2.05, 4.69) is 41.7 Å². The first kappa shape index (κ1) is 13.3. The molecule has 2 aromatic rings. The number of hydrogen-bond acceptors (Lipinski definition) is 4. The van der Waals surface area contributed by atoms with Crippen LogP contribution in [0.15, 0.2) is 22.5 Å². The molecule has 0 spiro atoms. The van der Waals surface area contributed by atoms with E-state index in [4.69, 9.17) is 0 Å². The number of fused-ring (bicyclic) bond motifs is 1. The predicted molar refractivity (Wildman–Crippen MR) is 86.4 cm³/mol. The van der Waals surface area contributed by atoms with Crippen LogP contribution in [0.5, 0.6) is 0 Å². The van der Waals surface area contributed by atoms with Crippen LogP contribution in [0.1, 0.15) is 32.6 Å². The third-order valence-electron chi connectivity index (χ3n) is 4.01. The van der Waals surface area contributed by atoms with Crippen molar-refractivity contribution in [1.29, 1.82) is 0 Å². The molecule has 2 nitrogen and oxygen atoms in total. The Hall–Kier alpha value is -0.740. The molecule has 1 aromatic heterocycles. The lowest BCUT2D eigenvalue weighted by molar-refractivity contribution is 0.349. The molecule has 1 aliphatic rings. The zero-order valence-corrected chi connectivity index (χ0v) is 13.1. The normalized spacial score (nSPS) is 23.7. The lowest BCUT2D eigenvalue weighted by Crippen LogP contribution is -2.30. The molecule has 1 fully saturated rings. The third-order valence-corrected chi connectivity index (χ3v) is 6.01. The number of thioether (sulfide) groups is 1. The summed E-state index contributed by atoms with van der Waals surface area (Å²) >= 11 is 3.51. The van der Waals surface area contributed by atoms with Crippen LogP contribution in [-0.4, -0.2) is 17.3 Å². The molecule has 1 saturated carbocycles. The van der Waals surface area contributed by atoms with E-state index in [-0.39, 0.29) is 0 Å². The SMILES string of the molecule is CSc1nc2ccc(NC3CCCCC3C)cc2s1. The van der Waals surface area contributed by atoms with Gasteiger partial charge in [-0.2, -0.15) is 0 Å². The number of thiazole rings is 1. The average molecular weight is 292 g/mol. The highest BCUT2D eigenvalue weighted by molar-refractivity contribution is 8.00. The molecule has 0 saturated heterocycles. The highest BCUT2D eigenvalue weighted by atomic mass is 32.2. The maximum atomic E-state index is 4.59. The number of nitrogens with zero attached hydrogens (tertiary/aromatic N) is 1. The van der Waals surface area contributed by atoms with Crippen molar-refractivity contribution in [2.24, 2.45) is 5.92 Å². The molecular formula is C15H20N2S2. The Morgan fingerprint density at radius 3 is 2.95 bits per heavy atom. The molecule has 1 N–H and O–H groups in total. The van der Waals surface area contributed by atoms with Crippen molar-refractivity contribution in [3.8, 4) is 0 Å². The maximum absolute atomic E-state index is 4.59. The summed E-state index contributed by atoms with van der Waals surface area (Å²) in [4.78, 5) is 4.59. The first-order valence-electron chi connectivity index (χ1n) is 6.97. The van der Waals surface area contributed by atoms with E-state index in [1.807, 2.05) is 0 Å². The van der Waals surface area contributed by atoms with Crippen LogP contribution in [0.2, 0.25) is 0 Å². The second-order valence-corrected chi connectivity index (χ2v) is 7.46. The third kappa shape index (κ3) is 2.90. The van der Waals surface area contributed by atoms with Crippen molar-refractivity contribution in [3.63, 3.8) is 0 Å². The van der Waals surface area contributed by atoms with Gasteiger partial charge in [-0.05, 0) is 43.2 Å². The highest BCUT2D eigenvalue weighted by Crippen LogP contribution is 2.32. The lowest BCUT2D eigenvalue weighted by Gasteiger charge is -2.30. The van der Waals surface area contributed by atoms with Crippen LogP contribution in [0.3, 0.4) is 0 Å². The molecule has 1 heterocycles. The second-order valence-electron chi connectivity index (χ2n) is 5.38. The number of benzene rings is 1. The van der Waals surface area contributed by atoms with Crippen molar-refractivity contribution in [2.75, 3.05) is 11.6 Å². The van der Waals surface area contributed by atoms with E-state index in [1.165, 1.54) is 36.1 Å². The van der Waals surface area contributed by atoms with Gasteiger partial charge in [-0.15, -0.1) is 11.3 Å². The minimum Gasteiger partial charge on any atom is -0.382 e. The minimum absolute atomic E-state index is 0.638. The predicted octanol–water partition coefficient (Wildman–Crippen LogP) is 5.01. The molecule has 0 aliphatic heterocycles. The Morgan fingerprint density at radius 2 is 2.16 bits per heavy atom. The maximum Gasteiger partial charge on any atom is 0.150 e. The fourth-order valence-corrected chi connectivity index (χ4v) is 4.35. The summed E-state index contributed by atoms with van der Waals surface area (Å²) in [6.45, 7) is 2.37. The monoisotopic (exact) mass is 292 g/mol. The van der Waals surface area contributed by atoms with Gasteiger partial charge in [0, 0.05) is 11.7 Å². The highest BCUT2D eigenvalue weighted by Gasteiger charge is 2.20. The molecule has 4 heteroatoms. The van der Waals surface area contributed by atoms with Crippen molar-refractivity contribution in [1.82, 2.24) is 4.98 Å². The van der Waals surface area contributed by atoms with Crippen LogP contribution in [0, 0.1) is 5.92 Å². The molecule has 1 aromatic carbocycles. The van der Waals surface area contributed by atoms with Crippen molar-refractivity contribution >= 4 is 39.0 Å². The number of hydrogen-bond donors (Lipinski definition) is 1. The average Bonchev–Trinajstić information content (AvgIpc) is 2.83. The Labute approximate surface area is 123 Å². The Kier molecular flexibility index (Phi) is 3.99. The fourth-order valence-electron chi connectivity index (χ4n) is 2.83. The van der Waals surface area contributed by atoms with Gasteiger partial charge in [0.25, 0.3) is 0 Å². The summed E-state index contributed by atoms with van der Waals surface area (Å²) in [6, 6.07) is 7.21. The Bertz CT molecular complexity index is 564. The minimum atomic E-state index is 0.638. The fraction of sp³-hybridized carbons (Fsp3) is 0.533. The molecule has 1 aliphatic carbocycles. The Balaban J connectivity index is 1.80. The number of anilines is 1. The van der Waals surface area contributed by atoms with E-state index >= 15 is 0 Å². The summed E-state index contributed by atoms with van der Waals surface area (Å²) < 4.78 is 2.44. The van der Waals surface area contributed by atoms with E-state index in [9.17, 15) is 0 Å². The molecular weight excluding hydrogens is 272 g/mol. The largest absolute Gasteiger partial charge is 0.382 e. The molecule has 19 heavy (non-hydrogen) atoms. The molecule has 0 radical (unpaired) electrons. The Morgan fingerprint density at radius 1 is 1.32 bits per heavy atom. The number of nitrogens with one attached hydrogen (secondary N) is 1. The summed E-state index contributed by atoms with van der Waals surface area (Å²) in [6.07, 6.45) is 7.50. The van der Waals surface area contributed by atoms with Crippen LogP contribution in [-0.2, 0) is 0 Å². The van der Waals surface area contributed by atoms with Crippen LogP contribution in [0.25, 0.3) is 10.2 Å². The summed E-state index contributed by atoms with van der Waals surface area (Å²) in [5.41, 5.74) is 2.37. The van der Waals surface area contributed by atoms with Gasteiger partial charge in [0.2, 0.25) is 0 Å². The van der Waals surface area contributed by atoms with Gasteiger partial charge >= 0.3 is 0 Å². The van der Waals surface area contributed by atoms with Crippen LogP contribution in [0.4, 0.5) is 5.69 Å². The second kappa shape index (κ2) is 5.71. The zero-order chi connectivity index (χ0) is 13.2. The topological polar surface area (TPSA) is 24.9 Å². The van der Waals surface area contributed by atoms with Crippen LogP contribution < -0.4 is 5.32 Å². The van der Waals surface area contributed by atoms with Gasteiger partial charge in [0.05, 0.1) is 10.2 Å².